The fourth-order valence-electron chi connectivity index (χ4n) is 3.23. The minimum Gasteiger partial charge on any atom is -0.319 e. The molecule has 0 aliphatic carbocycles. The van der Waals surface area contributed by atoms with Gasteiger partial charge < -0.3 is 4.57 Å². The van der Waals surface area contributed by atoms with Gasteiger partial charge in [-0.2, -0.15) is 4.31 Å². The van der Waals surface area contributed by atoms with Crippen molar-refractivity contribution in [2.75, 3.05) is 13.1 Å². The van der Waals surface area contributed by atoms with Crippen LogP contribution in [0, 0.1) is 6.92 Å². The summed E-state index contributed by atoms with van der Waals surface area (Å²) < 4.78 is 28.8. The van der Waals surface area contributed by atoms with Crippen LogP contribution in [0.25, 0.3) is 0 Å². The molecule has 2 heterocycles. The Kier molecular flexibility index (Phi) is 4.60. The lowest BCUT2D eigenvalue weighted by atomic mass is 9.91. The Morgan fingerprint density at radius 3 is 2.38 bits per heavy atom. The minimum absolute atomic E-state index is 0.0255. The van der Waals surface area contributed by atoms with E-state index in [1.165, 1.54) is 0 Å². The van der Waals surface area contributed by atoms with Gasteiger partial charge in [-0.25, -0.2) is 8.42 Å². The zero-order chi connectivity index (χ0) is 17.3. The van der Waals surface area contributed by atoms with Gasteiger partial charge in [-0.05, 0) is 48.9 Å². The van der Waals surface area contributed by atoms with Crippen LogP contribution in [0.15, 0.2) is 52.3 Å². The number of pyridine rings is 1. The van der Waals surface area contributed by atoms with Crippen LogP contribution in [0.3, 0.4) is 0 Å². The largest absolute Gasteiger partial charge is 0.319 e. The molecule has 2 aromatic rings. The molecule has 1 aromatic heterocycles. The van der Waals surface area contributed by atoms with Gasteiger partial charge in [-0.3, -0.25) is 4.79 Å². The van der Waals surface area contributed by atoms with Crippen LogP contribution in [0.2, 0.25) is 0 Å². The van der Waals surface area contributed by atoms with Gasteiger partial charge in [0, 0.05) is 32.4 Å². The van der Waals surface area contributed by atoms with Crippen LogP contribution < -0.4 is 5.56 Å². The predicted molar refractivity (Wildman–Crippen MR) is 93.6 cm³/mol. The molecule has 0 atom stereocenters. The summed E-state index contributed by atoms with van der Waals surface area (Å²) in [5, 5.41) is 0. The van der Waals surface area contributed by atoms with Crippen molar-refractivity contribution in [1.29, 1.82) is 0 Å². The van der Waals surface area contributed by atoms with Crippen molar-refractivity contribution >= 4 is 10.0 Å². The van der Waals surface area contributed by atoms with E-state index in [0.717, 1.165) is 24.0 Å². The van der Waals surface area contributed by atoms with Crippen LogP contribution in [-0.4, -0.2) is 30.4 Å². The fraction of sp³-hybridized carbons (Fsp3) is 0.389. The quantitative estimate of drug-likeness (QED) is 0.856. The van der Waals surface area contributed by atoms with E-state index in [2.05, 4.69) is 0 Å². The van der Waals surface area contributed by atoms with Gasteiger partial charge >= 0.3 is 0 Å². The van der Waals surface area contributed by atoms with Gasteiger partial charge in [-0.15, -0.1) is 0 Å². The van der Waals surface area contributed by atoms with Gasteiger partial charge in [0.2, 0.25) is 10.0 Å². The molecule has 0 amide bonds. The number of rotatable bonds is 3. The number of hydrogen-bond acceptors (Lipinski definition) is 3. The smallest absolute Gasteiger partial charge is 0.250 e. The second-order valence-corrected chi connectivity index (χ2v) is 8.26. The molecule has 128 valence electrons. The Morgan fingerprint density at radius 1 is 1.08 bits per heavy atom. The number of sulfonamides is 1. The van der Waals surface area contributed by atoms with Gasteiger partial charge in [0.25, 0.3) is 5.56 Å². The lowest BCUT2D eigenvalue weighted by Gasteiger charge is -2.31. The summed E-state index contributed by atoms with van der Waals surface area (Å²) in [6.45, 7) is 2.78. The van der Waals surface area contributed by atoms with E-state index in [9.17, 15) is 13.2 Å². The number of aromatic nitrogens is 1. The van der Waals surface area contributed by atoms with Crippen molar-refractivity contribution in [2.24, 2.45) is 7.05 Å². The summed E-state index contributed by atoms with van der Waals surface area (Å²) in [5.41, 5.74) is 1.75. The molecule has 1 saturated heterocycles. The molecule has 1 aliphatic rings. The second-order valence-electron chi connectivity index (χ2n) is 6.35. The lowest BCUT2D eigenvalue weighted by Crippen LogP contribution is -2.38. The van der Waals surface area contributed by atoms with E-state index in [1.807, 2.05) is 25.1 Å². The maximum Gasteiger partial charge on any atom is 0.250 e. The minimum atomic E-state index is -3.45. The first kappa shape index (κ1) is 16.9. The summed E-state index contributed by atoms with van der Waals surface area (Å²) in [4.78, 5) is 12.2. The van der Waals surface area contributed by atoms with Gasteiger partial charge in [0.1, 0.15) is 0 Å². The Balaban J connectivity index is 1.76. The highest BCUT2D eigenvalue weighted by atomic mass is 32.2. The van der Waals surface area contributed by atoms with Crippen molar-refractivity contribution < 1.29 is 8.42 Å². The molecule has 1 aliphatic heterocycles. The SMILES string of the molecule is Cc1ccccc1S(=O)(=O)N1CCC(c2ccn(C)c(=O)c2)CC1. The van der Waals surface area contributed by atoms with Gasteiger partial charge in [0.05, 0.1) is 4.90 Å². The van der Waals surface area contributed by atoms with Crippen LogP contribution in [-0.2, 0) is 17.1 Å². The summed E-state index contributed by atoms with van der Waals surface area (Å²) in [6, 6.07) is 10.7. The number of hydrogen-bond donors (Lipinski definition) is 0. The Labute approximate surface area is 142 Å². The first-order valence-electron chi connectivity index (χ1n) is 8.12. The second kappa shape index (κ2) is 6.53. The van der Waals surface area contributed by atoms with Crippen LogP contribution in [0.1, 0.15) is 29.9 Å². The topological polar surface area (TPSA) is 59.4 Å². The molecule has 1 aromatic carbocycles. The molecule has 0 unspecified atom stereocenters. The maximum atomic E-state index is 12.8. The van der Waals surface area contributed by atoms with Crippen LogP contribution >= 0.6 is 0 Å². The van der Waals surface area contributed by atoms with Crippen LogP contribution in [0.4, 0.5) is 0 Å². The van der Waals surface area contributed by atoms with Crippen molar-refractivity contribution in [1.82, 2.24) is 8.87 Å². The highest BCUT2D eigenvalue weighted by molar-refractivity contribution is 7.89. The third-order valence-corrected chi connectivity index (χ3v) is 6.82. The lowest BCUT2D eigenvalue weighted by molar-refractivity contribution is 0.319. The van der Waals surface area contributed by atoms with E-state index in [-0.39, 0.29) is 11.5 Å². The number of benzene rings is 1. The Morgan fingerprint density at radius 2 is 1.75 bits per heavy atom. The molecular formula is C18H22N2O3S. The van der Waals surface area contributed by atoms with E-state index in [0.29, 0.717) is 18.0 Å². The molecule has 24 heavy (non-hydrogen) atoms. The summed E-state index contributed by atoms with van der Waals surface area (Å²) >= 11 is 0. The summed E-state index contributed by atoms with van der Waals surface area (Å²) in [6.07, 6.45) is 3.24. The standard InChI is InChI=1S/C18H22N2O3S/c1-14-5-3-4-6-17(14)24(22,23)20-11-8-15(9-12-20)16-7-10-19(2)18(21)13-16/h3-7,10,13,15H,8-9,11-12H2,1-2H3. The average Bonchev–Trinajstić information content (AvgIpc) is 2.58. The van der Waals surface area contributed by atoms with Crippen molar-refractivity contribution in [3.8, 4) is 0 Å². The zero-order valence-electron chi connectivity index (χ0n) is 14.0. The molecule has 0 radical (unpaired) electrons. The number of aryl methyl sites for hydroxylation is 2. The predicted octanol–water partition coefficient (Wildman–Crippen LogP) is 2.26. The summed E-state index contributed by atoms with van der Waals surface area (Å²) in [7, 11) is -1.72. The third kappa shape index (κ3) is 3.16. The van der Waals surface area contributed by atoms with Crippen molar-refractivity contribution in [3.05, 3.63) is 64.1 Å². The molecule has 5 nitrogen and oxygen atoms in total. The first-order valence-corrected chi connectivity index (χ1v) is 9.56. The van der Waals surface area contributed by atoms with Crippen molar-refractivity contribution in [3.63, 3.8) is 0 Å². The van der Waals surface area contributed by atoms with Crippen LogP contribution in [0.5, 0.6) is 0 Å². The molecule has 0 spiro atoms. The summed E-state index contributed by atoms with van der Waals surface area (Å²) in [5.74, 6) is 0.238. The normalized spacial score (nSPS) is 17.1. The molecule has 0 N–H and O–H groups in total. The molecule has 6 heteroatoms. The van der Waals surface area contributed by atoms with E-state index < -0.39 is 10.0 Å². The highest BCUT2D eigenvalue weighted by Gasteiger charge is 2.30. The van der Waals surface area contributed by atoms with E-state index >= 15 is 0 Å². The zero-order valence-corrected chi connectivity index (χ0v) is 14.8. The Bertz CT molecular complexity index is 894. The first-order chi connectivity index (χ1) is 11.4. The highest BCUT2D eigenvalue weighted by Crippen LogP contribution is 2.30. The Hall–Kier alpha value is -1.92. The van der Waals surface area contributed by atoms with Gasteiger partial charge in [-0.1, -0.05) is 18.2 Å². The molecule has 3 rings (SSSR count). The van der Waals surface area contributed by atoms with E-state index in [4.69, 9.17) is 0 Å². The maximum absolute atomic E-state index is 12.8. The monoisotopic (exact) mass is 346 g/mol. The molecular weight excluding hydrogens is 324 g/mol. The molecule has 0 bridgehead atoms. The van der Waals surface area contributed by atoms with E-state index in [1.54, 1.807) is 40.3 Å². The van der Waals surface area contributed by atoms with Gasteiger partial charge in [0.15, 0.2) is 0 Å². The number of piperidine rings is 1. The molecule has 1 fully saturated rings. The number of nitrogens with zero attached hydrogens (tertiary/aromatic N) is 2. The van der Waals surface area contributed by atoms with Crippen molar-refractivity contribution in [2.45, 2.75) is 30.6 Å². The molecule has 0 saturated carbocycles. The fourth-order valence-corrected chi connectivity index (χ4v) is 4.93. The third-order valence-electron chi connectivity index (χ3n) is 4.77. The average molecular weight is 346 g/mol.